The van der Waals surface area contributed by atoms with E-state index in [4.69, 9.17) is 23.2 Å². The van der Waals surface area contributed by atoms with E-state index in [0.717, 1.165) is 18.2 Å². The zero-order valence-corrected chi connectivity index (χ0v) is 13.1. The third-order valence-electron chi connectivity index (χ3n) is 2.51. The minimum atomic E-state index is -3.93. The summed E-state index contributed by atoms with van der Waals surface area (Å²) in [5.74, 6) is -0.307. The van der Waals surface area contributed by atoms with E-state index >= 15 is 0 Å². The lowest BCUT2D eigenvalue weighted by Crippen LogP contribution is -2.13. The van der Waals surface area contributed by atoms with Gasteiger partial charge in [0.2, 0.25) is 0 Å². The van der Waals surface area contributed by atoms with E-state index in [2.05, 4.69) is 9.46 Å². The Morgan fingerprint density at radius 2 is 1.82 bits per heavy atom. The van der Waals surface area contributed by atoms with E-state index in [0.29, 0.717) is 5.02 Å². The summed E-state index contributed by atoms with van der Waals surface area (Å²) in [7, 11) is -3.93. The largest absolute Gasteiger partial charge is 0.433 e. The van der Waals surface area contributed by atoms with Crippen LogP contribution < -0.4 is 9.46 Å². The van der Waals surface area contributed by atoms with Gasteiger partial charge >= 0.3 is 6.61 Å². The van der Waals surface area contributed by atoms with Crippen LogP contribution in [0, 0.1) is 0 Å². The Balaban J connectivity index is 2.28. The fourth-order valence-corrected chi connectivity index (χ4v) is 3.16. The van der Waals surface area contributed by atoms with Gasteiger partial charge in [-0.15, -0.1) is 0 Å². The highest BCUT2D eigenvalue weighted by Gasteiger charge is 2.17. The molecule has 0 heterocycles. The molecule has 22 heavy (non-hydrogen) atoms. The average molecular weight is 368 g/mol. The lowest BCUT2D eigenvalue weighted by molar-refractivity contribution is -0.0498. The van der Waals surface area contributed by atoms with Crippen LogP contribution in [0.3, 0.4) is 0 Å². The van der Waals surface area contributed by atoms with Crippen LogP contribution in [-0.2, 0) is 10.0 Å². The van der Waals surface area contributed by atoms with Crippen LogP contribution in [0.15, 0.2) is 47.4 Å². The molecule has 0 fully saturated rings. The summed E-state index contributed by atoms with van der Waals surface area (Å²) in [6.07, 6.45) is 0. The van der Waals surface area contributed by atoms with Gasteiger partial charge in [-0.1, -0.05) is 29.3 Å². The minimum Gasteiger partial charge on any atom is -0.433 e. The molecule has 0 unspecified atom stereocenters. The van der Waals surface area contributed by atoms with Gasteiger partial charge in [0.25, 0.3) is 10.0 Å². The third kappa shape index (κ3) is 4.22. The highest BCUT2D eigenvalue weighted by Crippen LogP contribution is 2.29. The van der Waals surface area contributed by atoms with Crippen LogP contribution in [0.2, 0.25) is 10.0 Å². The molecule has 0 amide bonds. The summed E-state index contributed by atoms with van der Waals surface area (Å²) in [5.41, 5.74) is 0.261. The van der Waals surface area contributed by atoms with Gasteiger partial charge in [0.05, 0.1) is 15.6 Å². The molecule has 0 aliphatic rings. The monoisotopic (exact) mass is 367 g/mol. The van der Waals surface area contributed by atoms with Crippen LogP contribution in [0.4, 0.5) is 14.5 Å². The van der Waals surface area contributed by atoms with Crippen molar-refractivity contribution in [2.24, 2.45) is 0 Å². The first-order valence-corrected chi connectivity index (χ1v) is 8.04. The van der Waals surface area contributed by atoms with Gasteiger partial charge in [0, 0.05) is 5.02 Å². The van der Waals surface area contributed by atoms with Gasteiger partial charge in [-0.3, -0.25) is 4.72 Å². The van der Waals surface area contributed by atoms with E-state index in [1.807, 2.05) is 0 Å². The van der Waals surface area contributed by atoms with E-state index in [1.54, 1.807) is 12.1 Å². The zero-order valence-electron chi connectivity index (χ0n) is 10.8. The molecule has 9 heteroatoms. The van der Waals surface area contributed by atoms with Crippen LogP contribution in [0.25, 0.3) is 0 Å². The molecule has 0 atom stereocenters. The number of sulfonamides is 1. The van der Waals surface area contributed by atoms with Crippen molar-refractivity contribution in [3.8, 4) is 5.75 Å². The van der Waals surface area contributed by atoms with E-state index in [1.165, 1.54) is 12.1 Å². The molecular weight excluding hydrogens is 359 g/mol. The normalized spacial score (nSPS) is 11.5. The van der Waals surface area contributed by atoms with Crippen LogP contribution >= 0.6 is 23.2 Å². The fourth-order valence-electron chi connectivity index (χ4n) is 1.61. The number of hydrogen-bond acceptors (Lipinski definition) is 3. The van der Waals surface area contributed by atoms with Crippen molar-refractivity contribution >= 4 is 38.9 Å². The average Bonchev–Trinajstić information content (AvgIpc) is 2.40. The molecule has 0 saturated carbocycles. The summed E-state index contributed by atoms with van der Waals surface area (Å²) in [4.78, 5) is -0.195. The van der Waals surface area contributed by atoms with Crippen molar-refractivity contribution in [3.05, 3.63) is 52.5 Å². The number of nitrogens with one attached hydrogen (secondary N) is 1. The summed E-state index contributed by atoms with van der Waals surface area (Å²) >= 11 is 11.5. The fraction of sp³-hybridized carbons (Fsp3) is 0.0769. The molecular formula is C13H9Cl2F2NO3S. The Labute approximate surface area is 135 Å². The summed E-state index contributed by atoms with van der Waals surface area (Å²) in [5, 5.41) is 0.119. The molecule has 0 aliphatic heterocycles. The topological polar surface area (TPSA) is 55.4 Å². The van der Waals surface area contributed by atoms with Crippen molar-refractivity contribution in [1.82, 2.24) is 0 Å². The number of anilines is 1. The molecule has 0 radical (unpaired) electrons. The molecule has 4 nitrogen and oxygen atoms in total. The molecule has 0 saturated heterocycles. The number of benzene rings is 2. The van der Waals surface area contributed by atoms with Gasteiger partial charge in [0.15, 0.2) is 0 Å². The van der Waals surface area contributed by atoms with E-state index < -0.39 is 16.6 Å². The molecule has 0 aromatic heterocycles. The second kappa shape index (κ2) is 6.68. The number of alkyl halides is 2. The highest BCUT2D eigenvalue weighted by atomic mass is 35.5. The van der Waals surface area contributed by atoms with Crippen LogP contribution in [0.5, 0.6) is 5.75 Å². The Morgan fingerprint density at radius 3 is 2.41 bits per heavy atom. The lowest BCUT2D eigenvalue weighted by Gasteiger charge is -2.11. The van der Waals surface area contributed by atoms with Crippen LogP contribution in [0.1, 0.15) is 0 Å². The standard InChI is InChI=1S/C13H9Cl2F2NO3S/c14-8-2-1-3-9(6-8)18-22(19,20)10-4-5-12(11(15)7-10)21-13(16)17/h1-7,13,18H. The molecule has 118 valence electrons. The first-order chi connectivity index (χ1) is 10.3. The first kappa shape index (κ1) is 16.8. The second-order valence-electron chi connectivity index (χ2n) is 4.09. The molecule has 2 rings (SSSR count). The second-order valence-corrected chi connectivity index (χ2v) is 6.61. The van der Waals surface area contributed by atoms with Gasteiger partial charge in [0.1, 0.15) is 5.75 Å². The maximum Gasteiger partial charge on any atom is 0.387 e. The molecule has 0 aliphatic carbocycles. The maximum absolute atomic E-state index is 12.2. The number of ether oxygens (including phenoxy) is 1. The summed E-state index contributed by atoms with van der Waals surface area (Å²) in [6, 6.07) is 9.29. The zero-order chi connectivity index (χ0) is 16.3. The van der Waals surface area contributed by atoms with E-state index in [9.17, 15) is 17.2 Å². The van der Waals surface area contributed by atoms with Gasteiger partial charge in [-0.25, -0.2) is 8.42 Å². The van der Waals surface area contributed by atoms with Crippen molar-refractivity contribution in [2.45, 2.75) is 11.5 Å². The Hall–Kier alpha value is -1.57. The lowest BCUT2D eigenvalue weighted by atomic mass is 10.3. The summed E-state index contributed by atoms with van der Waals surface area (Å²) < 4.78 is 55.1. The predicted molar refractivity (Wildman–Crippen MR) is 80.3 cm³/mol. The quantitative estimate of drug-likeness (QED) is 0.852. The molecule has 0 spiro atoms. The minimum absolute atomic E-state index is 0.195. The van der Waals surface area contributed by atoms with Crippen molar-refractivity contribution in [1.29, 1.82) is 0 Å². The van der Waals surface area contributed by atoms with Crippen molar-refractivity contribution < 1.29 is 21.9 Å². The Kier molecular flexibility index (Phi) is 5.10. The maximum atomic E-state index is 12.2. The van der Waals surface area contributed by atoms with Crippen LogP contribution in [-0.4, -0.2) is 15.0 Å². The first-order valence-electron chi connectivity index (χ1n) is 5.81. The molecule has 0 bridgehead atoms. The number of hydrogen-bond donors (Lipinski definition) is 1. The SMILES string of the molecule is O=S(=O)(Nc1cccc(Cl)c1)c1ccc(OC(F)F)c(Cl)c1. The van der Waals surface area contributed by atoms with Gasteiger partial charge in [-0.05, 0) is 36.4 Å². The van der Waals surface area contributed by atoms with Crippen molar-refractivity contribution in [2.75, 3.05) is 4.72 Å². The Morgan fingerprint density at radius 1 is 1.09 bits per heavy atom. The van der Waals surface area contributed by atoms with E-state index in [-0.39, 0.29) is 21.4 Å². The number of halogens is 4. The molecule has 2 aromatic carbocycles. The Bertz CT molecular complexity index is 785. The van der Waals surface area contributed by atoms with Gasteiger partial charge < -0.3 is 4.74 Å². The van der Waals surface area contributed by atoms with Gasteiger partial charge in [-0.2, -0.15) is 8.78 Å². The molecule has 1 N–H and O–H groups in total. The summed E-state index contributed by atoms with van der Waals surface area (Å²) in [6.45, 7) is -3.05. The predicted octanol–water partition coefficient (Wildman–Crippen LogP) is 4.40. The smallest absolute Gasteiger partial charge is 0.387 e. The van der Waals surface area contributed by atoms with Crippen molar-refractivity contribution in [3.63, 3.8) is 0 Å². The molecule has 2 aromatic rings. The number of rotatable bonds is 5. The highest BCUT2D eigenvalue weighted by molar-refractivity contribution is 7.92. The third-order valence-corrected chi connectivity index (χ3v) is 4.42.